The zero-order valence-corrected chi connectivity index (χ0v) is 8.16. The first-order chi connectivity index (χ1) is 7.86. The molecule has 0 radical (unpaired) electrons. The van der Waals surface area contributed by atoms with Gasteiger partial charge >= 0.3 is 0 Å². The Hall–Kier alpha value is -2.50. The highest BCUT2D eigenvalue weighted by Crippen LogP contribution is 2.11. The Morgan fingerprint density at radius 2 is 2.00 bits per heavy atom. The van der Waals surface area contributed by atoms with Crippen molar-refractivity contribution >= 4 is 11.2 Å². The smallest absolute Gasteiger partial charge is 0.282 e. The Morgan fingerprint density at radius 1 is 1.19 bits per heavy atom. The van der Waals surface area contributed by atoms with Gasteiger partial charge in [0.25, 0.3) is 5.56 Å². The summed E-state index contributed by atoms with van der Waals surface area (Å²) >= 11 is 0. The molecule has 6 heteroatoms. The molecule has 0 aliphatic carbocycles. The fraction of sp³-hybridized carbons (Fsp3) is 0. The third-order valence-corrected chi connectivity index (χ3v) is 2.29. The number of para-hydroxylation sites is 1. The number of aromatic nitrogens is 5. The summed E-state index contributed by atoms with van der Waals surface area (Å²) in [5, 5.41) is 9.64. The van der Waals surface area contributed by atoms with E-state index in [2.05, 4.69) is 20.4 Å². The number of aromatic amines is 1. The highest BCUT2D eigenvalue weighted by atomic mass is 16.1. The van der Waals surface area contributed by atoms with E-state index in [9.17, 15) is 4.79 Å². The zero-order chi connectivity index (χ0) is 11.0. The molecule has 16 heavy (non-hydrogen) atoms. The summed E-state index contributed by atoms with van der Waals surface area (Å²) in [5.74, 6) is 0. The number of nitrogens with one attached hydrogen (secondary N) is 1. The van der Waals surface area contributed by atoms with Gasteiger partial charge in [0.1, 0.15) is 6.33 Å². The maximum absolute atomic E-state index is 11.4. The molecule has 2 aromatic heterocycles. The minimum absolute atomic E-state index is 0.291. The Morgan fingerprint density at radius 3 is 2.81 bits per heavy atom. The third-order valence-electron chi connectivity index (χ3n) is 2.29. The summed E-state index contributed by atoms with van der Waals surface area (Å²) in [7, 11) is 0. The quantitative estimate of drug-likeness (QED) is 0.638. The highest BCUT2D eigenvalue weighted by molar-refractivity contribution is 5.70. The van der Waals surface area contributed by atoms with Crippen molar-refractivity contribution in [2.24, 2.45) is 0 Å². The molecule has 78 valence electrons. The van der Waals surface area contributed by atoms with Crippen LogP contribution in [0.25, 0.3) is 16.9 Å². The number of fused-ring (bicyclic) bond motifs is 1. The largest absolute Gasteiger partial charge is 0.295 e. The van der Waals surface area contributed by atoms with E-state index in [0.717, 1.165) is 5.69 Å². The van der Waals surface area contributed by atoms with Crippen molar-refractivity contribution < 1.29 is 0 Å². The Kier molecular flexibility index (Phi) is 1.79. The van der Waals surface area contributed by atoms with Gasteiger partial charge in [0, 0.05) is 5.69 Å². The summed E-state index contributed by atoms with van der Waals surface area (Å²) < 4.78 is 1.72. The van der Waals surface area contributed by atoms with E-state index in [1.807, 2.05) is 30.3 Å². The molecular weight excluding hydrogens is 206 g/mol. The van der Waals surface area contributed by atoms with Gasteiger partial charge in [0.2, 0.25) is 0 Å². The van der Waals surface area contributed by atoms with Gasteiger partial charge in [-0.25, -0.2) is 10.1 Å². The number of nitrogens with zero attached hydrogens (tertiary/aromatic N) is 4. The molecule has 0 saturated heterocycles. The molecule has 3 rings (SSSR count). The molecule has 0 spiro atoms. The lowest BCUT2D eigenvalue weighted by atomic mass is 10.3. The van der Waals surface area contributed by atoms with Crippen LogP contribution in [0.5, 0.6) is 0 Å². The summed E-state index contributed by atoms with van der Waals surface area (Å²) in [4.78, 5) is 15.4. The van der Waals surface area contributed by atoms with E-state index in [-0.39, 0.29) is 5.56 Å². The van der Waals surface area contributed by atoms with Crippen LogP contribution in [-0.2, 0) is 0 Å². The predicted octanol–water partition coefficient (Wildman–Crippen LogP) is 0.504. The first kappa shape index (κ1) is 8.78. The topological polar surface area (TPSA) is 76.5 Å². The van der Waals surface area contributed by atoms with E-state index >= 15 is 0 Å². The molecule has 0 aliphatic rings. The molecule has 1 N–H and O–H groups in total. The fourth-order valence-electron chi connectivity index (χ4n) is 1.55. The van der Waals surface area contributed by atoms with Crippen molar-refractivity contribution in [2.45, 2.75) is 0 Å². The van der Waals surface area contributed by atoms with Crippen LogP contribution in [0.1, 0.15) is 0 Å². The minimum Gasteiger partial charge on any atom is -0.282 e. The summed E-state index contributed by atoms with van der Waals surface area (Å²) in [5.41, 5.74) is 1.30. The summed E-state index contributed by atoms with van der Waals surface area (Å²) in [6.07, 6.45) is 1.56. The first-order valence-electron chi connectivity index (χ1n) is 4.70. The number of hydrogen-bond donors (Lipinski definition) is 1. The normalized spacial score (nSPS) is 10.8. The van der Waals surface area contributed by atoms with Crippen molar-refractivity contribution in [3.8, 4) is 5.69 Å². The number of imidazole rings is 1. The van der Waals surface area contributed by atoms with Crippen molar-refractivity contribution in [3.63, 3.8) is 0 Å². The van der Waals surface area contributed by atoms with Gasteiger partial charge in [-0.1, -0.05) is 23.4 Å². The maximum atomic E-state index is 11.4. The van der Waals surface area contributed by atoms with Gasteiger partial charge in [0.05, 0.1) is 0 Å². The number of benzene rings is 1. The van der Waals surface area contributed by atoms with Crippen molar-refractivity contribution in [3.05, 3.63) is 47.0 Å². The Bertz CT molecular complexity index is 685. The summed E-state index contributed by atoms with van der Waals surface area (Å²) in [6.45, 7) is 0. The predicted molar refractivity (Wildman–Crippen MR) is 57.3 cm³/mol. The summed E-state index contributed by atoms with van der Waals surface area (Å²) in [6, 6.07) is 9.54. The van der Waals surface area contributed by atoms with Crippen LogP contribution >= 0.6 is 0 Å². The van der Waals surface area contributed by atoms with Crippen LogP contribution < -0.4 is 5.56 Å². The van der Waals surface area contributed by atoms with E-state index in [4.69, 9.17) is 0 Å². The van der Waals surface area contributed by atoms with E-state index in [0.29, 0.717) is 11.2 Å². The lowest BCUT2D eigenvalue weighted by Crippen LogP contribution is -2.10. The second kappa shape index (κ2) is 3.27. The molecule has 2 heterocycles. The van der Waals surface area contributed by atoms with Crippen LogP contribution in [0.3, 0.4) is 0 Å². The second-order valence-electron chi connectivity index (χ2n) is 3.26. The van der Waals surface area contributed by atoms with Gasteiger partial charge < -0.3 is 0 Å². The van der Waals surface area contributed by atoms with E-state index in [1.165, 1.54) is 0 Å². The van der Waals surface area contributed by atoms with Crippen molar-refractivity contribution in [1.82, 2.24) is 25.0 Å². The SMILES string of the molecule is O=c1[nH]nnc2c1ncn2-c1ccccc1. The van der Waals surface area contributed by atoms with Crippen LogP contribution in [0, 0.1) is 0 Å². The monoisotopic (exact) mass is 213 g/mol. The van der Waals surface area contributed by atoms with E-state index < -0.39 is 0 Å². The lowest BCUT2D eigenvalue weighted by molar-refractivity contribution is 0.856. The van der Waals surface area contributed by atoms with Crippen LogP contribution in [0.2, 0.25) is 0 Å². The molecule has 0 aliphatic heterocycles. The fourth-order valence-corrected chi connectivity index (χ4v) is 1.55. The van der Waals surface area contributed by atoms with Crippen molar-refractivity contribution in [1.29, 1.82) is 0 Å². The molecule has 0 saturated carbocycles. The van der Waals surface area contributed by atoms with Gasteiger partial charge in [-0.15, -0.1) is 5.10 Å². The highest BCUT2D eigenvalue weighted by Gasteiger charge is 2.08. The zero-order valence-electron chi connectivity index (χ0n) is 8.16. The number of rotatable bonds is 1. The van der Waals surface area contributed by atoms with E-state index in [1.54, 1.807) is 10.9 Å². The standard InChI is InChI=1S/C10H7N5O/c16-10-8-9(12-14-13-10)15(6-11-8)7-4-2-1-3-5-7/h1-6H,(H,12,13,16). The molecule has 3 aromatic rings. The number of hydrogen-bond acceptors (Lipinski definition) is 4. The van der Waals surface area contributed by atoms with Gasteiger partial charge in [-0.05, 0) is 12.1 Å². The minimum atomic E-state index is -0.334. The van der Waals surface area contributed by atoms with Crippen LogP contribution in [0.15, 0.2) is 41.5 Å². The average Bonchev–Trinajstić information content (AvgIpc) is 2.75. The number of H-pyrrole nitrogens is 1. The molecule has 0 unspecified atom stereocenters. The molecule has 0 atom stereocenters. The lowest BCUT2D eigenvalue weighted by Gasteiger charge is -2.00. The molecule has 0 fully saturated rings. The second-order valence-corrected chi connectivity index (χ2v) is 3.26. The molecular formula is C10H7N5O. The Labute approximate surface area is 89.6 Å². The Balaban J connectivity index is 2.34. The maximum Gasteiger partial charge on any atom is 0.295 e. The van der Waals surface area contributed by atoms with Crippen molar-refractivity contribution in [2.75, 3.05) is 0 Å². The molecule has 1 aromatic carbocycles. The van der Waals surface area contributed by atoms with Gasteiger partial charge in [-0.3, -0.25) is 9.36 Å². The third kappa shape index (κ3) is 1.20. The molecule has 0 amide bonds. The first-order valence-corrected chi connectivity index (χ1v) is 4.70. The van der Waals surface area contributed by atoms with Crippen LogP contribution in [-0.4, -0.2) is 25.0 Å². The van der Waals surface area contributed by atoms with Gasteiger partial charge in [-0.2, -0.15) is 0 Å². The molecule has 6 nitrogen and oxygen atoms in total. The van der Waals surface area contributed by atoms with Crippen LogP contribution in [0.4, 0.5) is 0 Å². The average molecular weight is 213 g/mol. The molecule has 0 bridgehead atoms. The van der Waals surface area contributed by atoms with Gasteiger partial charge in [0.15, 0.2) is 11.2 Å².